The molecule has 3 atom stereocenters. The van der Waals surface area contributed by atoms with Crippen LogP contribution in [0.1, 0.15) is 39.7 Å². The predicted octanol–water partition coefficient (Wildman–Crippen LogP) is 1.43. The topological polar surface area (TPSA) is 131 Å². The largest absolute Gasteiger partial charge is 0.482 e. The van der Waals surface area contributed by atoms with Gasteiger partial charge in [0.2, 0.25) is 12.7 Å². The molecule has 33 heavy (non-hydrogen) atoms. The summed E-state index contributed by atoms with van der Waals surface area (Å²) in [4.78, 5) is 50.7. The van der Waals surface area contributed by atoms with Crippen molar-refractivity contribution in [3.8, 4) is 5.75 Å². The minimum absolute atomic E-state index is 0.0386. The van der Waals surface area contributed by atoms with Crippen molar-refractivity contribution in [1.29, 1.82) is 0 Å². The number of benzene rings is 1. The van der Waals surface area contributed by atoms with Gasteiger partial charge in [-0.15, -0.1) is 0 Å². The highest BCUT2D eigenvalue weighted by atomic mass is 16.7. The second-order valence-electron chi connectivity index (χ2n) is 9.35. The van der Waals surface area contributed by atoms with Crippen molar-refractivity contribution in [3.05, 3.63) is 29.5 Å². The van der Waals surface area contributed by atoms with Gasteiger partial charge in [0.25, 0.3) is 5.91 Å². The van der Waals surface area contributed by atoms with E-state index in [2.05, 4.69) is 5.32 Å². The Morgan fingerprint density at radius 3 is 2.67 bits per heavy atom. The van der Waals surface area contributed by atoms with E-state index in [1.165, 1.54) is 11.8 Å². The van der Waals surface area contributed by atoms with E-state index in [9.17, 15) is 24.3 Å². The van der Waals surface area contributed by atoms with Crippen molar-refractivity contribution in [1.82, 2.24) is 4.90 Å². The minimum atomic E-state index is -0.876. The number of β-lactam (4-membered cyclic amide) rings is 1. The monoisotopic (exact) mass is 458 g/mol. The molecule has 10 nitrogen and oxygen atoms in total. The van der Waals surface area contributed by atoms with Crippen molar-refractivity contribution in [3.63, 3.8) is 0 Å². The molecule has 1 saturated heterocycles. The highest BCUT2D eigenvalue weighted by molar-refractivity contribution is 6.07. The number of aliphatic hydroxyl groups is 1. The first-order valence-electron chi connectivity index (χ1n) is 10.6. The fourth-order valence-electron chi connectivity index (χ4n) is 4.21. The van der Waals surface area contributed by atoms with Crippen molar-refractivity contribution < 1.29 is 38.5 Å². The molecule has 3 aliphatic heterocycles. The Morgan fingerprint density at radius 1 is 1.27 bits per heavy atom. The Balaban J connectivity index is 1.62. The van der Waals surface area contributed by atoms with Crippen LogP contribution in [0, 0.1) is 11.3 Å². The van der Waals surface area contributed by atoms with Gasteiger partial charge in [0, 0.05) is 0 Å². The molecule has 0 aromatic heterocycles. The zero-order chi connectivity index (χ0) is 24.1. The second-order valence-corrected chi connectivity index (χ2v) is 9.35. The lowest BCUT2D eigenvalue weighted by molar-refractivity contribution is -0.175. The van der Waals surface area contributed by atoms with Gasteiger partial charge in [-0.25, -0.2) is 4.79 Å². The summed E-state index contributed by atoms with van der Waals surface area (Å²) in [6.07, 6.45) is -0.555. The number of hydrogen-bond donors (Lipinski definition) is 2. The van der Waals surface area contributed by atoms with Gasteiger partial charge in [0.1, 0.15) is 11.4 Å². The first-order chi connectivity index (χ1) is 15.5. The Morgan fingerprint density at radius 2 is 2.00 bits per heavy atom. The molecule has 1 aromatic carbocycles. The van der Waals surface area contributed by atoms with Crippen molar-refractivity contribution in [2.45, 2.75) is 46.3 Å². The molecule has 10 heteroatoms. The molecule has 0 spiro atoms. The maximum absolute atomic E-state index is 13.0. The van der Waals surface area contributed by atoms with E-state index >= 15 is 0 Å². The molecule has 1 aromatic rings. The molecule has 0 aliphatic carbocycles. The van der Waals surface area contributed by atoms with Crippen LogP contribution < -0.4 is 10.1 Å². The molecular formula is C23H26N2O8. The molecule has 0 unspecified atom stereocenters. The van der Waals surface area contributed by atoms with Crippen LogP contribution in [0.4, 0.5) is 5.69 Å². The van der Waals surface area contributed by atoms with Gasteiger partial charge < -0.3 is 29.5 Å². The number of amides is 2. The summed E-state index contributed by atoms with van der Waals surface area (Å²) in [6.45, 7) is 5.88. The number of anilines is 1. The average Bonchev–Trinajstić information content (AvgIpc) is 3.07. The molecule has 4 rings (SSSR count). The van der Waals surface area contributed by atoms with Gasteiger partial charge in [-0.1, -0.05) is 6.07 Å². The van der Waals surface area contributed by atoms with Gasteiger partial charge in [-0.2, -0.15) is 0 Å². The van der Waals surface area contributed by atoms with E-state index < -0.39 is 42.2 Å². The number of rotatable bonds is 5. The molecule has 3 aliphatic rings. The molecular weight excluding hydrogens is 432 g/mol. The zero-order valence-electron chi connectivity index (χ0n) is 18.8. The summed E-state index contributed by atoms with van der Waals surface area (Å²) in [7, 11) is 0. The number of aliphatic hydroxyl groups excluding tert-OH is 1. The lowest BCUT2D eigenvalue weighted by Crippen LogP contribution is -2.61. The lowest BCUT2D eigenvalue weighted by atomic mass is 9.82. The van der Waals surface area contributed by atoms with Crippen molar-refractivity contribution in [2.75, 3.05) is 18.7 Å². The maximum atomic E-state index is 13.0. The van der Waals surface area contributed by atoms with Crippen LogP contribution in [0.25, 0.3) is 5.57 Å². The highest BCUT2D eigenvalue weighted by Gasteiger charge is 2.57. The van der Waals surface area contributed by atoms with E-state index in [1.807, 2.05) is 0 Å². The third-order valence-electron chi connectivity index (χ3n) is 5.88. The van der Waals surface area contributed by atoms with Crippen molar-refractivity contribution >= 4 is 35.0 Å². The number of fused-ring (bicyclic) bond motifs is 2. The third-order valence-corrected chi connectivity index (χ3v) is 5.88. The van der Waals surface area contributed by atoms with Gasteiger partial charge in [0.05, 0.1) is 29.2 Å². The minimum Gasteiger partial charge on any atom is -0.482 e. The number of carbonyl (C=O) groups is 4. The second kappa shape index (κ2) is 8.18. The molecule has 1 fully saturated rings. The standard InChI is InChI=1S/C23H26N2O8/c1-11(26)18-15-8-13(12-5-6-16-14(7-12)24-17(27)9-31-16)19(25(15)20(18)28)21(29)32-10-33-22(30)23(2,3)4/h5-7,11,15,18,26H,8-10H2,1-4H3,(H,24,27)/t11-,15+,18+/m1/s1. The molecule has 2 N–H and O–H groups in total. The number of ether oxygens (including phenoxy) is 3. The van der Waals surface area contributed by atoms with Crippen molar-refractivity contribution in [2.24, 2.45) is 11.3 Å². The Kier molecular flexibility index (Phi) is 5.65. The SMILES string of the molecule is C[C@@H](O)[C@@H]1C(=O)N2C(C(=O)OCOC(=O)C(C)(C)C)=C(c3ccc4c(c3)NC(=O)CO4)C[C@@H]12. The van der Waals surface area contributed by atoms with Gasteiger partial charge in [-0.05, 0) is 57.4 Å². The van der Waals surface area contributed by atoms with Gasteiger partial charge in [0.15, 0.2) is 6.61 Å². The number of carbonyl (C=O) groups excluding carboxylic acids is 4. The summed E-state index contributed by atoms with van der Waals surface area (Å²) < 4.78 is 15.6. The van der Waals surface area contributed by atoms with E-state index in [-0.39, 0.29) is 24.1 Å². The third kappa shape index (κ3) is 4.06. The summed E-state index contributed by atoms with van der Waals surface area (Å²) in [5, 5.41) is 12.8. The van der Waals surface area contributed by atoms with E-state index in [4.69, 9.17) is 14.2 Å². The van der Waals surface area contributed by atoms with Crippen LogP contribution in [0.15, 0.2) is 23.9 Å². The van der Waals surface area contributed by atoms with Crippen LogP contribution >= 0.6 is 0 Å². The molecule has 2 amide bonds. The van der Waals surface area contributed by atoms with E-state index in [1.54, 1.807) is 39.0 Å². The Bertz CT molecular complexity index is 1070. The van der Waals surface area contributed by atoms with E-state index in [0.717, 1.165) is 0 Å². The Hall–Kier alpha value is -3.40. The van der Waals surface area contributed by atoms with E-state index in [0.29, 0.717) is 29.0 Å². The van der Waals surface area contributed by atoms with Gasteiger partial charge in [-0.3, -0.25) is 14.4 Å². The zero-order valence-corrected chi connectivity index (χ0v) is 18.8. The normalized spacial score (nSPS) is 22.5. The molecule has 0 radical (unpaired) electrons. The predicted molar refractivity (Wildman–Crippen MR) is 114 cm³/mol. The first kappa shape index (κ1) is 22.8. The molecule has 0 saturated carbocycles. The number of nitrogens with zero attached hydrogens (tertiary/aromatic N) is 1. The molecule has 176 valence electrons. The highest BCUT2D eigenvalue weighted by Crippen LogP contribution is 2.48. The van der Waals surface area contributed by atoms with Crippen LogP contribution in [0.2, 0.25) is 0 Å². The van der Waals surface area contributed by atoms with Crippen LogP contribution in [0.5, 0.6) is 5.75 Å². The molecule has 0 bridgehead atoms. The van der Waals surface area contributed by atoms with Crippen LogP contribution in [-0.2, 0) is 28.7 Å². The van der Waals surface area contributed by atoms with Crippen LogP contribution in [0.3, 0.4) is 0 Å². The summed E-state index contributed by atoms with van der Waals surface area (Å²) >= 11 is 0. The maximum Gasteiger partial charge on any atom is 0.358 e. The average molecular weight is 458 g/mol. The Labute approximate surface area is 190 Å². The smallest absolute Gasteiger partial charge is 0.358 e. The van der Waals surface area contributed by atoms with Crippen LogP contribution in [-0.4, -0.2) is 59.3 Å². The number of nitrogens with one attached hydrogen (secondary N) is 1. The molecule has 3 heterocycles. The number of esters is 2. The summed E-state index contributed by atoms with van der Waals surface area (Å²) in [5.74, 6) is -2.16. The summed E-state index contributed by atoms with van der Waals surface area (Å²) in [6, 6.07) is 4.68. The fourth-order valence-corrected chi connectivity index (χ4v) is 4.21. The first-order valence-corrected chi connectivity index (χ1v) is 10.6. The summed E-state index contributed by atoms with van der Waals surface area (Å²) in [5.41, 5.74) is 0.867. The van der Waals surface area contributed by atoms with Gasteiger partial charge >= 0.3 is 11.9 Å². The number of hydrogen-bond acceptors (Lipinski definition) is 8. The quantitative estimate of drug-likeness (QED) is 0.385. The lowest BCUT2D eigenvalue weighted by Gasteiger charge is -2.44. The fraction of sp³-hybridized carbons (Fsp3) is 0.478.